The van der Waals surface area contributed by atoms with Gasteiger partial charge in [-0.2, -0.15) is 0 Å². The molecular formula is C45H36N2O3. The quantitative estimate of drug-likeness (QED) is 0.138. The van der Waals surface area contributed by atoms with Crippen LogP contribution in [0.4, 0.5) is 0 Å². The number of fused-ring (bicyclic) bond motifs is 7. The van der Waals surface area contributed by atoms with Gasteiger partial charge in [0.25, 0.3) is 0 Å². The lowest BCUT2D eigenvalue weighted by molar-refractivity contribution is 0.591. The van der Waals surface area contributed by atoms with Gasteiger partial charge in [-0.3, -0.25) is 14.6 Å². The molecule has 0 spiro atoms. The summed E-state index contributed by atoms with van der Waals surface area (Å²) < 4.78 is 8.87. The summed E-state index contributed by atoms with van der Waals surface area (Å²) in [6.07, 6.45) is 1.78. The van der Waals surface area contributed by atoms with Gasteiger partial charge in [0.1, 0.15) is 11.2 Å². The number of para-hydroxylation sites is 2. The third kappa shape index (κ3) is 4.36. The molecule has 0 aliphatic heterocycles. The van der Waals surface area contributed by atoms with Crippen molar-refractivity contribution in [2.24, 2.45) is 0 Å². The Morgan fingerprint density at radius 2 is 1.08 bits per heavy atom. The number of pyridine rings is 3. The van der Waals surface area contributed by atoms with Crippen molar-refractivity contribution >= 4 is 60.0 Å². The van der Waals surface area contributed by atoms with E-state index in [1.807, 2.05) is 66.7 Å². The van der Waals surface area contributed by atoms with E-state index in [1.165, 1.54) is 0 Å². The molecule has 50 heavy (non-hydrogen) atoms. The molecule has 9 rings (SSSR count). The lowest BCUT2D eigenvalue weighted by Gasteiger charge is -2.23. The van der Waals surface area contributed by atoms with E-state index < -0.39 is 0 Å². The minimum atomic E-state index is -0.131. The van der Waals surface area contributed by atoms with Gasteiger partial charge < -0.3 is 8.82 Å². The molecule has 0 amide bonds. The van der Waals surface area contributed by atoms with Crippen LogP contribution < -0.4 is 10.9 Å². The van der Waals surface area contributed by atoms with Crippen LogP contribution in [0.5, 0.6) is 0 Å². The monoisotopic (exact) mass is 652 g/mol. The zero-order valence-corrected chi connectivity index (χ0v) is 29.0. The van der Waals surface area contributed by atoms with E-state index in [9.17, 15) is 9.59 Å². The molecule has 0 saturated carbocycles. The van der Waals surface area contributed by atoms with Crippen molar-refractivity contribution in [3.8, 4) is 22.4 Å². The highest BCUT2D eigenvalue weighted by Gasteiger charge is 2.24. The van der Waals surface area contributed by atoms with Crippen molar-refractivity contribution in [1.82, 2.24) is 9.38 Å². The van der Waals surface area contributed by atoms with Crippen molar-refractivity contribution in [3.63, 3.8) is 0 Å². The van der Waals surface area contributed by atoms with Crippen LogP contribution >= 0.6 is 0 Å². The average molecular weight is 653 g/mol. The molecule has 0 radical (unpaired) electrons. The molecule has 9 aromatic rings. The highest BCUT2D eigenvalue weighted by atomic mass is 16.3. The molecule has 0 aliphatic carbocycles. The summed E-state index contributed by atoms with van der Waals surface area (Å²) in [7, 11) is 0. The van der Waals surface area contributed by atoms with Gasteiger partial charge in [0.2, 0.25) is 0 Å². The Balaban J connectivity index is 1.42. The van der Waals surface area contributed by atoms with Crippen LogP contribution in [0.15, 0.2) is 123 Å². The van der Waals surface area contributed by atoms with Crippen LogP contribution in [0.25, 0.3) is 82.4 Å². The number of furan rings is 1. The molecule has 0 unspecified atom stereocenters. The van der Waals surface area contributed by atoms with Crippen LogP contribution in [0.2, 0.25) is 0 Å². The van der Waals surface area contributed by atoms with E-state index in [-0.39, 0.29) is 21.7 Å². The van der Waals surface area contributed by atoms with E-state index in [0.29, 0.717) is 32.6 Å². The molecule has 0 bridgehead atoms. The molecule has 5 nitrogen and oxygen atoms in total. The first-order chi connectivity index (χ1) is 23.9. The summed E-state index contributed by atoms with van der Waals surface area (Å²) in [4.78, 5) is 33.7. The molecule has 5 heteroatoms. The highest BCUT2D eigenvalue weighted by Crippen LogP contribution is 2.41. The maximum Gasteiger partial charge on any atom is 0.197 e. The van der Waals surface area contributed by atoms with Gasteiger partial charge in [-0.1, -0.05) is 90.1 Å². The number of hydrogen-bond acceptors (Lipinski definition) is 4. The van der Waals surface area contributed by atoms with E-state index in [1.54, 1.807) is 6.20 Å². The molecular weight excluding hydrogens is 617 g/mol. The maximum absolute atomic E-state index is 14.6. The predicted octanol–water partition coefficient (Wildman–Crippen LogP) is 10.8. The standard InChI is InChI=1S/C45H36N2O3/c1-44(2,3)26-16-18-32-37(23-26)47-38-24-27(45(4,5)6)17-19-33(38)41(49)35-22-25(21-34(39(35)47)40(32)48)28-11-9-12-29-30-13-10-14-31(43(30)50-42(28)29)36-15-7-8-20-46-36/h7-24H,1-6H3. The largest absolute Gasteiger partial charge is 0.455 e. The summed E-state index contributed by atoms with van der Waals surface area (Å²) in [5.74, 6) is 0. The maximum atomic E-state index is 14.6. The fourth-order valence-corrected chi connectivity index (χ4v) is 7.56. The second kappa shape index (κ2) is 10.3. The normalized spacial score (nSPS) is 12.8. The highest BCUT2D eigenvalue weighted by molar-refractivity contribution is 6.15. The fraction of sp³-hybridized carbons (Fsp3) is 0.178. The summed E-state index contributed by atoms with van der Waals surface area (Å²) in [6.45, 7) is 13.0. The Bertz CT molecular complexity index is 2850. The van der Waals surface area contributed by atoms with Gasteiger partial charge in [0, 0.05) is 49.6 Å². The Morgan fingerprint density at radius 3 is 1.60 bits per heavy atom. The molecule has 0 atom stereocenters. The van der Waals surface area contributed by atoms with Crippen molar-refractivity contribution < 1.29 is 4.42 Å². The van der Waals surface area contributed by atoms with Gasteiger partial charge in [-0.25, -0.2) is 0 Å². The van der Waals surface area contributed by atoms with E-state index in [2.05, 4.69) is 87.3 Å². The van der Waals surface area contributed by atoms with Crippen LogP contribution in [-0.2, 0) is 10.8 Å². The minimum Gasteiger partial charge on any atom is -0.455 e. The van der Waals surface area contributed by atoms with E-state index in [4.69, 9.17) is 4.42 Å². The van der Waals surface area contributed by atoms with Crippen molar-refractivity contribution in [2.75, 3.05) is 0 Å². The van der Waals surface area contributed by atoms with Gasteiger partial charge in [0.15, 0.2) is 10.9 Å². The number of rotatable bonds is 2. The van der Waals surface area contributed by atoms with Gasteiger partial charge >= 0.3 is 0 Å². The summed E-state index contributed by atoms with van der Waals surface area (Å²) in [6, 6.07) is 34.2. The van der Waals surface area contributed by atoms with Gasteiger partial charge in [0.05, 0.1) is 22.2 Å². The predicted molar refractivity (Wildman–Crippen MR) is 207 cm³/mol. The molecule has 5 aromatic carbocycles. The number of aromatic nitrogens is 2. The van der Waals surface area contributed by atoms with Crippen molar-refractivity contribution in [1.29, 1.82) is 0 Å². The zero-order chi connectivity index (χ0) is 34.7. The lowest BCUT2D eigenvalue weighted by atomic mass is 9.85. The van der Waals surface area contributed by atoms with Crippen LogP contribution in [0.3, 0.4) is 0 Å². The minimum absolute atomic E-state index is 0.0905. The van der Waals surface area contributed by atoms with Crippen molar-refractivity contribution in [2.45, 2.75) is 52.4 Å². The smallest absolute Gasteiger partial charge is 0.197 e. The first-order valence-electron chi connectivity index (χ1n) is 17.1. The molecule has 0 aliphatic rings. The third-order valence-corrected chi connectivity index (χ3v) is 10.3. The summed E-state index contributed by atoms with van der Waals surface area (Å²) >= 11 is 0. The fourth-order valence-electron chi connectivity index (χ4n) is 7.56. The Labute approximate surface area is 288 Å². The Hall–Kier alpha value is -5.81. The SMILES string of the molecule is CC(C)(C)c1ccc2c(=O)c3cc(-c4cccc5c4oc4c(-c6ccccn6)cccc45)cc4c(=O)c5ccc(C(C)(C)C)cc5n(c2c1)c34. The number of nitrogens with zero attached hydrogens (tertiary/aromatic N) is 2. The molecule has 0 saturated heterocycles. The van der Waals surface area contributed by atoms with E-state index in [0.717, 1.165) is 60.9 Å². The number of hydrogen-bond donors (Lipinski definition) is 0. The molecule has 0 fully saturated rings. The molecule has 4 aromatic heterocycles. The van der Waals surface area contributed by atoms with Crippen LogP contribution in [0.1, 0.15) is 52.7 Å². The van der Waals surface area contributed by atoms with Crippen molar-refractivity contribution in [3.05, 3.63) is 141 Å². The first-order valence-corrected chi connectivity index (χ1v) is 17.1. The zero-order valence-electron chi connectivity index (χ0n) is 29.0. The summed E-state index contributed by atoms with van der Waals surface area (Å²) in [5.41, 5.74) is 8.83. The average Bonchev–Trinajstić information content (AvgIpc) is 3.49. The van der Waals surface area contributed by atoms with E-state index >= 15 is 0 Å². The molecule has 4 heterocycles. The van der Waals surface area contributed by atoms with Crippen LogP contribution in [0, 0.1) is 0 Å². The summed E-state index contributed by atoms with van der Waals surface area (Å²) in [5, 5.41) is 4.21. The topological polar surface area (TPSA) is 64.6 Å². The third-order valence-electron chi connectivity index (χ3n) is 10.3. The molecule has 0 N–H and O–H groups in total. The lowest BCUT2D eigenvalue weighted by Crippen LogP contribution is -2.17. The second-order valence-electron chi connectivity index (χ2n) is 15.6. The first kappa shape index (κ1) is 30.3. The molecule has 244 valence electrons. The van der Waals surface area contributed by atoms with Gasteiger partial charge in [-0.15, -0.1) is 0 Å². The number of benzene rings is 5. The van der Waals surface area contributed by atoms with Gasteiger partial charge in [-0.05, 0) is 82.1 Å². The second-order valence-corrected chi connectivity index (χ2v) is 15.6. The van der Waals surface area contributed by atoms with Crippen LogP contribution in [-0.4, -0.2) is 9.38 Å². The Morgan fingerprint density at radius 1 is 0.540 bits per heavy atom. The Kier molecular flexibility index (Phi) is 6.26.